The lowest BCUT2D eigenvalue weighted by molar-refractivity contribution is 0.0725. The number of phenolic OH excluding ortho intramolecular Hbond substituents is 1. The molecular weight excluding hydrogens is 487 g/mol. The molecule has 0 aromatic heterocycles. The highest BCUT2D eigenvalue weighted by atomic mass is 35.5. The summed E-state index contributed by atoms with van der Waals surface area (Å²) in [7, 11) is -3.45. The average molecular weight is 517 g/mol. The summed E-state index contributed by atoms with van der Waals surface area (Å²) in [5.74, 6) is 2.32. The predicted molar refractivity (Wildman–Crippen MR) is 137 cm³/mol. The third-order valence-corrected chi connectivity index (χ3v) is 7.67. The monoisotopic (exact) mass is 516 g/mol. The molecule has 6 nitrogen and oxygen atoms in total. The molecule has 0 bridgehead atoms. The van der Waals surface area contributed by atoms with Gasteiger partial charge in [0, 0.05) is 17.0 Å². The first-order valence-corrected chi connectivity index (χ1v) is 13.7. The first kappa shape index (κ1) is 25.6. The van der Waals surface area contributed by atoms with Gasteiger partial charge in [0.2, 0.25) is 0 Å². The standard InChI is InChI=1S/C27H30ClO6P/c1-17(2)24-15-22(8-9-25(24)29)33-27-18(3)12-23(13-19(27)4)31-16-35(30)32-11-10-26(34-35)20-6-5-7-21(28)14-20/h5-9,12-15,17,26,29H,10-11,16H2,1-4H3/t26?,35-/m1/s1. The molecule has 4 rings (SSSR count). The fourth-order valence-corrected chi connectivity index (χ4v) is 5.76. The van der Waals surface area contributed by atoms with Crippen molar-refractivity contribution in [3.8, 4) is 23.0 Å². The van der Waals surface area contributed by atoms with Crippen LogP contribution in [0.3, 0.4) is 0 Å². The first-order chi connectivity index (χ1) is 16.6. The highest BCUT2D eigenvalue weighted by Crippen LogP contribution is 2.56. The third kappa shape index (κ3) is 6.20. The van der Waals surface area contributed by atoms with Crippen LogP contribution in [0.25, 0.3) is 0 Å². The molecule has 1 unspecified atom stereocenters. The summed E-state index contributed by atoms with van der Waals surface area (Å²) < 4.78 is 36.6. The molecule has 0 aliphatic carbocycles. The van der Waals surface area contributed by atoms with Crippen molar-refractivity contribution in [1.29, 1.82) is 0 Å². The van der Waals surface area contributed by atoms with E-state index in [2.05, 4.69) is 0 Å². The molecule has 0 saturated carbocycles. The second-order valence-corrected chi connectivity index (χ2v) is 11.4. The van der Waals surface area contributed by atoms with E-state index in [9.17, 15) is 9.67 Å². The number of phenols is 1. The van der Waals surface area contributed by atoms with Crippen molar-refractivity contribution in [3.05, 3.63) is 81.9 Å². The number of hydrogen-bond acceptors (Lipinski definition) is 6. The van der Waals surface area contributed by atoms with Crippen molar-refractivity contribution in [3.63, 3.8) is 0 Å². The van der Waals surface area contributed by atoms with Crippen LogP contribution in [0.15, 0.2) is 54.6 Å². The molecule has 1 aliphatic heterocycles. The molecular formula is C27H30ClO6P. The summed E-state index contributed by atoms with van der Waals surface area (Å²) in [6.45, 7) is 8.19. The number of aromatic hydroxyl groups is 1. The Labute approximate surface area is 211 Å². The zero-order chi connectivity index (χ0) is 25.2. The van der Waals surface area contributed by atoms with Crippen LogP contribution in [-0.4, -0.2) is 18.1 Å². The minimum Gasteiger partial charge on any atom is -0.508 e. The fourth-order valence-electron chi connectivity index (χ4n) is 4.06. The molecule has 8 heteroatoms. The van der Waals surface area contributed by atoms with Crippen molar-refractivity contribution >= 4 is 19.2 Å². The summed E-state index contributed by atoms with van der Waals surface area (Å²) in [6.07, 6.45) is 0.0284. The summed E-state index contributed by atoms with van der Waals surface area (Å²) >= 11 is 6.10. The fraction of sp³-hybridized carbons (Fsp3) is 0.333. The minimum absolute atomic E-state index is 0.168. The van der Waals surface area contributed by atoms with E-state index in [1.54, 1.807) is 18.2 Å². The zero-order valence-corrected chi connectivity index (χ0v) is 21.9. The van der Waals surface area contributed by atoms with Gasteiger partial charge in [-0.05, 0) is 78.9 Å². The van der Waals surface area contributed by atoms with Crippen LogP contribution in [0.2, 0.25) is 5.02 Å². The van der Waals surface area contributed by atoms with Gasteiger partial charge in [-0.15, -0.1) is 0 Å². The van der Waals surface area contributed by atoms with E-state index in [1.165, 1.54) is 0 Å². The third-order valence-electron chi connectivity index (χ3n) is 5.84. The van der Waals surface area contributed by atoms with E-state index >= 15 is 0 Å². The van der Waals surface area contributed by atoms with Gasteiger partial charge in [0.05, 0.1) is 12.7 Å². The number of halogens is 1. The van der Waals surface area contributed by atoms with Crippen molar-refractivity contribution in [2.24, 2.45) is 0 Å². The lowest BCUT2D eigenvalue weighted by Crippen LogP contribution is -2.17. The summed E-state index contributed by atoms with van der Waals surface area (Å²) in [6, 6.07) is 16.2. The number of rotatable bonds is 7. The van der Waals surface area contributed by atoms with Gasteiger partial charge in [-0.3, -0.25) is 9.09 Å². The van der Waals surface area contributed by atoms with Gasteiger partial charge in [-0.2, -0.15) is 0 Å². The normalized spacial score (nSPS) is 20.1. The number of benzene rings is 3. The number of ether oxygens (including phenoxy) is 2. The Hall–Kier alpha value is -2.50. The highest BCUT2D eigenvalue weighted by Gasteiger charge is 2.35. The van der Waals surface area contributed by atoms with E-state index in [-0.39, 0.29) is 24.1 Å². The van der Waals surface area contributed by atoms with Gasteiger partial charge < -0.3 is 19.1 Å². The quantitative estimate of drug-likeness (QED) is 0.318. The van der Waals surface area contributed by atoms with Crippen LogP contribution < -0.4 is 9.47 Å². The van der Waals surface area contributed by atoms with Gasteiger partial charge in [-0.1, -0.05) is 37.6 Å². The van der Waals surface area contributed by atoms with Crippen molar-refractivity contribution in [2.45, 2.75) is 46.1 Å². The van der Waals surface area contributed by atoms with E-state index in [0.29, 0.717) is 35.3 Å². The van der Waals surface area contributed by atoms with E-state index in [0.717, 1.165) is 22.3 Å². The second-order valence-electron chi connectivity index (χ2n) is 9.02. The Morgan fingerprint density at radius 1 is 1.09 bits per heavy atom. The summed E-state index contributed by atoms with van der Waals surface area (Å²) in [4.78, 5) is 0. The average Bonchev–Trinajstić information content (AvgIpc) is 2.81. The van der Waals surface area contributed by atoms with Crippen LogP contribution in [0.4, 0.5) is 0 Å². The molecule has 3 aromatic rings. The zero-order valence-electron chi connectivity index (χ0n) is 20.3. The Morgan fingerprint density at radius 2 is 1.83 bits per heavy atom. The molecule has 1 heterocycles. The molecule has 1 saturated heterocycles. The Bertz CT molecular complexity index is 1240. The predicted octanol–water partition coefficient (Wildman–Crippen LogP) is 8.29. The topological polar surface area (TPSA) is 74.2 Å². The first-order valence-electron chi connectivity index (χ1n) is 11.6. The van der Waals surface area contributed by atoms with E-state index in [1.807, 2.05) is 64.1 Å². The van der Waals surface area contributed by atoms with Gasteiger partial charge >= 0.3 is 7.60 Å². The molecule has 1 aliphatic rings. The van der Waals surface area contributed by atoms with Crippen molar-refractivity contribution in [1.82, 2.24) is 0 Å². The minimum atomic E-state index is -3.45. The largest absolute Gasteiger partial charge is 0.508 e. The van der Waals surface area contributed by atoms with Crippen LogP contribution >= 0.6 is 19.2 Å². The van der Waals surface area contributed by atoms with Crippen molar-refractivity contribution in [2.75, 3.05) is 13.0 Å². The van der Waals surface area contributed by atoms with E-state index < -0.39 is 7.60 Å². The molecule has 0 spiro atoms. The molecule has 0 amide bonds. The Kier molecular flexibility index (Phi) is 7.77. The van der Waals surface area contributed by atoms with Gasteiger partial charge in [-0.25, -0.2) is 0 Å². The number of aryl methyl sites for hydroxylation is 2. The Balaban J connectivity index is 1.45. The Morgan fingerprint density at radius 3 is 2.51 bits per heavy atom. The van der Waals surface area contributed by atoms with Crippen LogP contribution in [0.1, 0.15) is 54.5 Å². The molecule has 0 radical (unpaired) electrons. The molecule has 186 valence electrons. The maximum absolute atomic E-state index is 13.2. The lowest BCUT2D eigenvalue weighted by Gasteiger charge is -2.30. The molecule has 3 aromatic carbocycles. The summed E-state index contributed by atoms with van der Waals surface area (Å²) in [5, 5.41) is 10.7. The maximum atomic E-state index is 13.2. The molecule has 1 fully saturated rings. The SMILES string of the molecule is Cc1cc(OC[P@@]2(=O)OCCC(c3cccc(Cl)c3)O2)cc(C)c1Oc1ccc(O)c(C(C)C)c1. The van der Waals surface area contributed by atoms with Crippen molar-refractivity contribution < 1.29 is 28.2 Å². The number of hydrogen-bond donors (Lipinski definition) is 1. The molecule has 35 heavy (non-hydrogen) atoms. The van der Waals surface area contributed by atoms with Gasteiger partial charge in [0.15, 0.2) is 6.35 Å². The molecule has 1 N–H and O–H groups in total. The molecule has 2 atom stereocenters. The van der Waals surface area contributed by atoms with Gasteiger partial charge in [0.1, 0.15) is 23.0 Å². The lowest BCUT2D eigenvalue weighted by atomic mass is 10.0. The summed E-state index contributed by atoms with van der Waals surface area (Å²) in [5.41, 5.74) is 3.41. The van der Waals surface area contributed by atoms with Gasteiger partial charge in [0.25, 0.3) is 0 Å². The van der Waals surface area contributed by atoms with Crippen LogP contribution in [-0.2, 0) is 13.6 Å². The maximum Gasteiger partial charge on any atom is 0.368 e. The van der Waals surface area contributed by atoms with Crippen LogP contribution in [0.5, 0.6) is 23.0 Å². The van der Waals surface area contributed by atoms with Crippen LogP contribution in [0, 0.1) is 13.8 Å². The second kappa shape index (κ2) is 10.6. The highest BCUT2D eigenvalue weighted by molar-refractivity contribution is 7.53. The van der Waals surface area contributed by atoms with E-state index in [4.69, 9.17) is 30.1 Å². The smallest absolute Gasteiger partial charge is 0.368 e.